The second kappa shape index (κ2) is 10.6. The Balaban J connectivity index is 1.65. The monoisotopic (exact) mass is 417 g/mol. The summed E-state index contributed by atoms with van der Waals surface area (Å²) in [4.78, 5) is 23.3. The molecule has 31 heavy (non-hydrogen) atoms. The van der Waals surface area contributed by atoms with Crippen molar-refractivity contribution in [3.63, 3.8) is 0 Å². The lowest BCUT2D eigenvalue weighted by Gasteiger charge is -2.10. The van der Waals surface area contributed by atoms with Crippen molar-refractivity contribution >= 4 is 17.6 Å². The molecule has 0 aromatic heterocycles. The number of carbonyl (C=O) groups is 2. The third-order valence-electron chi connectivity index (χ3n) is 4.47. The Morgan fingerprint density at radius 2 is 1.42 bits per heavy atom. The van der Waals surface area contributed by atoms with Crippen LogP contribution in [0.4, 0.5) is 5.69 Å². The van der Waals surface area contributed by atoms with Gasteiger partial charge in [0.05, 0.1) is 20.3 Å². The maximum atomic E-state index is 11.9. The molecule has 6 heteroatoms. The molecule has 3 aromatic rings. The summed E-state index contributed by atoms with van der Waals surface area (Å²) in [7, 11) is 2.48. The van der Waals surface area contributed by atoms with Gasteiger partial charge in [-0.2, -0.15) is 0 Å². The molecule has 6 nitrogen and oxygen atoms in total. The number of nitrogens with one attached hydrogen (secondary N) is 1. The maximum absolute atomic E-state index is 11.9. The van der Waals surface area contributed by atoms with Crippen LogP contribution in [0, 0.1) is 0 Å². The lowest BCUT2D eigenvalue weighted by atomic mass is 10.1. The van der Waals surface area contributed by atoms with Gasteiger partial charge in [-0.3, -0.25) is 0 Å². The first-order valence-electron chi connectivity index (χ1n) is 9.61. The minimum absolute atomic E-state index is 0.0120. The molecule has 1 N–H and O–H groups in total. The van der Waals surface area contributed by atoms with Crippen molar-refractivity contribution in [3.05, 3.63) is 96.2 Å². The number of benzene rings is 3. The summed E-state index contributed by atoms with van der Waals surface area (Å²) in [6, 6.07) is 25.3. The lowest BCUT2D eigenvalue weighted by Crippen LogP contribution is -2.15. The Morgan fingerprint density at radius 1 is 0.806 bits per heavy atom. The zero-order valence-electron chi connectivity index (χ0n) is 17.3. The van der Waals surface area contributed by atoms with Gasteiger partial charge in [-0.15, -0.1) is 0 Å². The fourth-order valence-corrected chi connectivity index (χ4v) is 2.82. The van der Waals surface area contributed by atoms with Crippen LogP contribution in [-0.4, -0.2) is 26.2 Å². The fraction of sp³-hybridized carbons (Fsp3) is 0.120. The molecule has 0 aliphatic heterocycles. The van der Waals surface area contributed by atoms with E-state index in [2.05, 4.69) is 10.1 Å². The molecular formula is C25H23NO5. The third-order valence-corrected chi connectivity index (χ3v) is 4.47. The van der Waals surface area contributed by atoms with Crippen molar-refractivity contribution in [1.29, 1.82) is 0 Å². The second-order valence-corrected chi connectivity index (χ2v) is 6.57. The SMILES string of the molecule is COC(=O)/C=C(/Nc1ccc(-c2ccc(OCc3ccccc3)cc2)cc1)C(=O)OC. The average molecular weight is 417 g/mol. The molecule has 0 unspecified atom stereocenters. The van der Waals surface area contributed by atoms with Crippen LogP contribution >= 0.6 is 0 Å². The van der Waals surface area contributed by atoms with Crippen molar-refractivity contribution in [2.24, 2.45) is 0 Å². The van der Waals surface area contributed by atoms with E-state index in [9.17, 15) is 9.59 Å². The highest BCUT2D eigenvalue weighted by Gasteiger charge is 2.12. The van der Waals surface area contributed by atoms with Crippen LogP contribution in [0.3, 0.4) is 0 Å². The first-order valence-corrected chi connectivity index (χ1v) is 9.61. The highest BCUT2D eigenvalue weighted by atomic mass is 16.5. The molecule has 0 atom stereocenters. The van der Waals surface area contributed by atoms with Gasteiger partial charge in [0, 0.05) is 5.69 Å². The summed E-state index contributed by atoms with van der Waals surface area (Å²) in [6.07, 6.45) is 1.05. The number of esters is 2. The highest BCUT2D eigenvalue weighted by molar-refractivity contribution is 5.98. The van der Waals surface area contributed by atoms with Gasteiger partial charge in [0.15, 0.2) is 0 Å². The Morgan fingerprint density at radius 3 is 2.00 bits per heavy atom. The number of methoxy groups -OCH3 is 2. The van der Waals surface area contributed by atoms with Crippen LogP contribution in [-0.2, 0) is 25.7 Å². The van der Waals surface area contributed by atoms with Crippen LogP contribution in [0.25, 0.3) is 11.1 Å². The lowest BCUT2D eigenvalue weighted by molar-refractivity contribution is -0.138. The molecule has 158 valence electrons. The Bertz CT molecular complexity index is 1040. The minimum Gasteiger partial charge on any atom is -0.489 e. The Hall–Kier alpha value is -4.06. The van der Waals surface area contributed by atoms with E-state index in [1.54, 1.807) is 0 Å². The predicted octanol–water partition coefficient (Wildman–Crippen LogP) is 4.57. The van der Waals surface area contributed by atoms with E-state index in [0.29, 0.717) is 12.3 Å². The summed E-state index contributed by atoms with van der Waals surface area (Å²) in [5, 5.41) is 2.88. The number of carbonyl (C=O) groups excluding carboxylic acids is 2. The Kier molecular flexibility index (Phi) is 7.43. The highest BCUT2D eigenvalue weighted by Crippen LogP contribution is 2.25. The molecule has 0 aliphatic rings. The number of anilines is 1. The molecule has 0 bridgehead atoms. The number of rotatable bonds is 8. The first kappa shape index (κ1) is 21.6. The summed E-state index contributed by atoms with van der Waals surface area (Å²) < 4.78 is 15.1. The summed E-state index contributed by atoms with van der Waals surface area (Å²) in [5.74, 6) is -0.527. The molecule has 0 spiro atoms. The first-order chi connectivity index (χ1) is 15.1. The van der Waals surface area contributed by atoms with Crippen LogP contribution in [0.1, 0.15) is 5.56 Å². The van der Waals surface area contributed by atoms with Gasteiger partial charge < -0.3 is 19.5 Å². The number of hydrogen-bond acceptors (Lipinski definition) is 6. The quantitative estimate of drug-likeness (QED) is 0.427. The van der Waals surface area contributed by atoms with E-state index in [1.165, 1.54) is 14.2 Å². The molecule has 0 saturated carbocycles. The number of hydrogen-bond donors (Lipinski definition) is 1. The molecule has 0 fully saturated rings. The van der Waals surface area contributed by atoms with Crippen molar-refractivity contribution in [1.82, 2.24) is 0 Å². The van der Waals surface area contributed by atoms with Crippen molar-refractivity contribution in [2.75, 3.05) is 19.5 Å². The summed E-state index contributed by atoms with van der Waals surface area (Å²) >= 11 is 0. The third kappa shape index (κ3) is 6.21. The zero-order valence-corrected chi connectivity index (χ0v) is 17.3. The van der Waals surface area contributed by atoms with Gasteiger partial charge in [0.1, 0.15) is 18.1 Å². The maximum Gasteiger partial charge on any atom is 0.354 e. The van der Waals surface area contributed by atoms with Gasteiger partial charge in [-0.25, -0.2) is 9.59 Å². The molecule has 0 saturated heterocycles. The van der Waals surface area contributed by atoms with Crippen LogP contribution in [0.5, 0.6) is 5.75 Å². The minimum atomic E-state index is -0.666. The largest absolute Gasteiger partial charge is 0.489 e. The molecule has 0 heterocycles. The predicted molar refractivity (Wildman–Crippen MR) is 118 cm³/mol. The van der Waals surface area contributed by atoms with E-state index in [1.807, 2.05) is 78.9 Å². The molecule has 3 rings (SSSR count). The van der Waals surface area contributed by atoms with Gasteiger partial charge in [0.2, 0.25) is 0 Å². The smallest absolute Gasteiger partial charge is 0.354 e. The van der Waals surface area contributed by atoms with Crippen molar-refractivity contribution < 1.29 is 23.8 Å². The van der Waals surface area contributed by atoms with Crippen LogP contribution in [0.2, 0.25) is 0 Å². The molecular weight excluding hydrogens is 394 g/mol. The summed E-state index contributed by atoms with van der Waals surface area (Å²) in [6.45, 7) is 0.516. The van der Waals surface area contributed by atoms with Gasteiger partial charge in [-0.05, 0) is 41.0 Å². The van der Waals surface area contributed by atoms with Gasteiger partial charge >= 0.3 is 11.9 Å². The molecule has 0 amide bonds. The average Bonchev–Trinajstić information content (AvgIpc) is 2.83. The Labute approximate surface area is 181 Å². The van der Waals surface area contributed by atoms with E-state index in [0.717, 1.165) is 28.5 Å². The second-order valence-electron chi connectivity index (χ2n) is 6.57. The van der Waals surface area contributed by atoms with E-state index in [-0.39, 0.29) is 5.70 Å². The standard InChI is InChI=1S/C25H23NO5/c1-29-24(27)16-23(25(28)30-2)26-21-12-8-19(9-13-21)20-10-14-22(15-11-20)31-17-18-6-4-3-5-7-18/h3-16,26H,17H2,1-2H3/b23-16+. The van der Waals surface area contributed by atoms with E-state index in [4.69, 9.17) is 9.47 Å². The van der Waals surface area contributed by atoms with Crippen LogP contribution in [0.15, 0.2) is 90.6 Å². The van der Waals surface area contributed by atoms with E-state index >= 15 is 0 Å². The molecule has 0 aliphatic carbocycles. The van der Waals surface area contributed by atoms with Gasteiger partial charge in [-0.1, -0.05) is 54.6 Å². The normalized spacial score (nSPS) is 10.8. The molecule has 3 aromatic carbocycles. The molecule has 0 radical (unpaired) electrons. The van der Waals surface area contributed by atoms with Crippen molar-refractivity contribution in [3.8, 4) is 16.9 Å². The topological polar surface area (TPSA) is 73.9 Å². The summed E-state index contributed by atoms with van der Waals surface area (Å²) in [5.41, 5.74) is 3.75. The zero-order chi connectivity index (χ0) is 22.1. The number of ether oxygens (including phenoxy) is 3. The van der Waals surface area contributed by atoms with Crippen molar-refractivity contribution in [2.45, 2.75) is 6.61 Å². The fourth-order valence-electron chi connectivity index (χ4n) is 2.82. The van der Waals surface area contributed by atoms with Gasteiger partial charge in [0.25, 0.3) is 0 Å². The van der Waals surface area contributed by atoms with Crippen LogP contribution < -0.4 is 10.1 Å². The van der Waals surface area contributed by atoms with E-state index < -0.39 is 11.9 Å².